The summed E-state index contributed by atoms with van der Waals surface area (Å²) in [5.74, 6) is 0.236. The number of nitrogens with zero attached hydrogens (tertiary/aromatic N) is 1. The molecule has 4 nitrogen and oxygen atoms in total. The number of benzene rings is 1. The van der Waals surface area contributed by atoms with Gasteiger partial charge in [0.1, 0.15) is 0 Å². The molecule has 1 saturated heterocycles. The highest BCUT2D eigenvalue weighted by Gasteiger charge is 2.19. The zero-order chi connectivity index (χ0) is 15.1. The molecule has 1 aliphatic rings. The third kappa shape index (κ3) is 5.09. The van der Waals surface area contributed by atoms with Crippen LogP contribution in [0.2, 0.25) is 0 Å². The molecular formula is C16H24NO3S. The Morgan fingerprint density at radius 2 is 1.76 bits per heavy atom. The molecular weight excluding hydrogens is 286 g/mol. The monoisotopic (exact) mass is 310 g/mol. The molecule has 0 aliphatic carbocycles. The standard InChI is InChI=1S/C16H24NO3S/c1-20-15-9-12-17(13-10-15)11-5-6-14-21(18,19)16-7-3-2-4-8-16/h2-4,7-8H,5-6,9-14H2,1H3. The predicted octanol–water partition coefficient (Wildman–Crippen LogP) is 2.51. The van der Waals surface area contributed by atoms with Gasteiger partial charge in [0.25, 0.3) is 0 Å². The van der Waals surface area contributed by atoms with Gasteiger partial charge in [-0.05, 0) is 44.4 Å². The molecule has 0 unspecified atom stereocenters. The lowest BCUT2D eigenvalue weighted by molar-refractivity contribution is 0.120. The van der Waals surface area contributed by atoms with Crippen molar-refractivity contribution in [3.63, 3.8) is 0 Å². The van der Waals surface area contributed by atoms with E-state index < -0.39 is 9.84 Å². The van der Waals surface area contributed by atoms with Crippen LogP contribution in [0, 0.1) is 6.10 Å². The Labute approximate surface area is 128 Å². The Bertz CT molecular complexity index is 508. The van der Waals surface area contributed by atoms with Crippen LogP contribution in [0.5, 0.6) is 0 Å². The van der Waals surface area contributed by atoms with Gasteiger partial charge in [-0.1, -0.05) is 18.2 Å². The lowest BCUT2D eigenvalue weighted by Crippen LogP contribution is -2.34. The van der Waals surface area contributed by atoms with Crippen LogP contribution in [0.3, 0.4) is 0 Å². The highest BCUT2D eigenvalue weighted by molar-refractivity contribution is 7.91. The van der Waals surface area contributed by atoms with E-state index in [1.54, 1.807) is 31.4 Å². The van der Waals surface area contributed by atoms with Crippen molar-refractivity contribution in [3.8, 4) is 0 Å². The molecule has 2 rings (SSSR count). The van der Waals surface area contributed by atoms with Crippen molar-refractivity contribution in [2.45, 2.75) is 30.6 Å². The fraction of sp³-hybridized carbons (Fsp3) is 0.562. The Balaban J connectivity index is 1.68. The van der Waals surface area contributed by atoms with Crippen LogP contribution in [0.1, 0.15) is 25.7 Å². The quantitative estimate of drug-likeness (QED) is 0.726. The first kappa shape index (κ1) is 16.5. The first-order valence-electron chi connectivity index (χ1n) is 7.50. The second-order valence-corrected chi connectivity index (χ2v) is 7.53. The maximum atomic E-state index is 12.1. The molecule has 0 bridgehead atoms. The van der Waals surface area contributed by atoms with Gasteiger partial charge in [-0.3, -0.25) is 0 Å². The number of hydrogen-bond donors (Lipinski definition) is 0. The van der Waals surface area contributed by atoms with Gasteiger partial charge in [-0.15, -0.1) is 0 Å². The van der Waals surface area contributed by atoms with E-state index in [9.17, 15) is 8.42 Å². The molecule has 1 fully saturated rings. The summed E-state index contributed by atoms with van der Waals surface area (Å²) in [4.78, 5) is 2.82. The normalized spacial score (nSPS) is 18.0. The van der Waals surface area contributed by atoms with Crippen LogP contribution >= 0.6 is 0 Å². The molecule has 0 aromatic heterocycles. The SMILES string of the molecule is CO[C]1CCN(CCCCS(=O)(=O)c2ccccc2)CC1. The average molecular weight is 310 g/mol. The molecule has 0 atom stereocenters. The molecule has 117 valence electrons. The maximum Gasteiger partial charge on any atom is 0.178 e. The van der Waals surface area contributed by atoms with E-state index in [1.807, 2.05) is 6.07 Å². The van der Waals surface area contributed by atoms with Crippen LogP contribution in [-0.4, -0.2) is 45.8 Å². The molecule has 0 amide bonds. The molecule has 5 heteroatoms. The molecule has 1 aliphatic heterocycles. The van der Waals surface area contributed by atoms with E-state index in [0.29, 0.717) is 11.3 Å². The minimum atomic E-state index is -3.12. The van der Waals surface area contributed by atoms with Gasteiger partial charge >= 0.3 is 0 Å². The third-order valence-electron chi connectivity index (χ3n) is 3.94. The number of likely N-dealkylation sites (tertiary alicyclic amines) is 1. The third-order valence-corrected chi connectivity index (χ3v) is 5.76. The van der Waals surface area contributed by atoms with Crippen LogP contribution in [0.25, 0.3) is 0 Å². The summed E-state index contributed by atoms with van der Waals surface area (Å²) in [5, 5.41) is 0. The van der Waals surface area contributed by atoms with E-state index in [0.717, 1.165) is 38.9 Å². The highest BCUT2D eigenvalue weighted by atomic mass is 32.2. The van der Waals surface area contributed by atoms with Gasteiger partial charge in [0, 0.05) is 20.2 Å². The number of ether oxygens (including phenoxy) is 1. The Morgan fingerprint density at radius 3 is 2.38 bits per heavy atom. The van der Waals surface area contributed by atoms with E-state index >= 15 is 0 Å². The van der Waals surface area contributed by atoms with Crippen LogP contribution < -0.4 is 0 Å². The number of rotatable bonds is 7. The van der Waals surface area contributed by atoms with Gasteiger partial charge in [0.05, 0.1) is 16.8 Å². The molecule has 0 saturated carbocycles. The van der Waals surface area contributed by atoms with Crippen molar-refractivity contribution < 1.29 is 13.2 Å². The fourth-order valence-electron chi connectivity index (χ4n) is 2.60. The zero-order valence-corrected chi connectivity index (χ0v) is 13.4. The summed E-state index contributed by atoms with van der Waals surface area (Å²) in [6, 6.07) is 8.71. The van der Waals surface area contributed by atoms with Gasteiger partial charge in [-0.2, -0.15) is 0 Å². The van der Waals surface area contributed by atoms with Crippen molar-refractivity contribution in [2.24, 2.45) is 0 Å². The minimum Gasteiger partial charge on any atom is -0.375 e. The average Bonchev–Trinajstić information content (AvgIpc) is 2.53. The topological polar surface area (TPSA) is 46.6 Å². The van der Waals surface area contributed by atoms with E-state index in [2.05, 4.69) is 4.90 Å². The zero-order valence-electron chi connectivity index (χ0n) is 12.6. The first-order valence-corrected chi connectivity index (χ1v) is 9.16. The Kier molecular flexibility index (Phi) is 6.21. The summed E-state index contributed by atoms with van der Waals surface area (Å²) in [6.45, 7) is 3.02. The minimum absolute atomic E-state index is 0.236. The van der Waals surface area contributed by atoms with E-state index in [4.69, 9.17) is 4.74 Å². The van der Waals surface area contributed by atoms with Crippen LogP contribution in [-0.2, 0) is 14.6 Å². The van der Waals surface area contributed by atoms with Crippen molar-refractivity contribution >= 4 is 9.84 Å². The second-order valence-electron chi connectivity index (χ2n) is 5.42. The smallest absolute Gasteiger partial charge is 0.178 e. The van der Waals surface area contributed by atoms with Gasteiger partial charge in [-0.25, -0.2) is 8.42 Å². The molecule has 1 radical (unpaired) electrons. The summed E-state index contributed by atoms with van der Waals surface area (Å²) < 4.78 is 29.5. The van der Waals surface area contributed by atoms with E-state index in [-0.39, 0.29) is 5.75 Å². The number of sulfone groups is 1. The van der Waals surface area contributed by atoms with Gasteiger partial charge < -0.3 is 9.64 Å². The van der Waals surface area contributed by atoms with Crippen LogP contribution in [0.15, 0.2) is 35.2 Å². The van der Waals surface area contributed by atoms with Crippen molar-refractivity contribution in [2.75, 3.05) is 32.5 Å². The number of unbranched alkanes of at least 4 members (excludes halogenated alkanes) is 1. The summed E-state index contributed by atoms with van der Waals surface area (Å²) >= 11 is 0. The summed E-state index contributed by atoms with van der Waals surface area (Å²) in [5.41, 5.74) is 0. The number of hydrogen-bond acceptors (Lipinski definition) is 4. The maximum absolute atomic E-state index is 12.1. The number of piperidine rings is 1. The van der Waals surface area contributed by atoms with Crippen molar-refractivity contribution in [1.82, 2.24) is 4.90 Å². The van der Waals surface area contributed by atoms with Crippen molar-refractivity contribution in [1.29, 1.82) is 0 Å². The Morgan fingerprint density at radius 1 is 1.10 bits per heavy atom. The van der Waals surface area contributed by atoms with Gasteiger partial charge in [0.15, 0.2) is 9.84 Å². The predicted molar refractivity (Wildman–Crippen MR) is 83.7 cm³/mol. The second kappa shape index (κ2) is 7.92. The van der Waals surface area contributed by atoms with E-state index in [1.165, 1.54) is 6.10 Å². The molecule has 1 aromatic rings. The summed E-state index contributed by atoms with van der Waals surface area (Å²) in [7, 11) is -1.38. The van der Waals surface area contributed by atoms with Gasteiger partial charge in [0.2, 0.25) is 0 Å². The lowest BCUT2D eigenvalue weighted by Gasteiger charge is -2.30. The molecule has 0 spiro atoms. The van der Waals surface area contributed by atoms with Crippen molar-refractivity contribution in [3.05, 3.63) is 36.4 Å². The largest absolute Gasteiger partial charge is 0.375 e. The fourth-order valence-corrected chi connectivity index (χ4v) is 4.00. The lowest BCUT2D eigenvalue weighted by atomic mass is 10.1. The molecule has 1 aromatic carbocycles. The number of methoxy groups -OCH3 is 1. The highest BCUT2D eigenvalue weighted by Crippen LogP contribution is 2.19. The van der Waals surface area contributed by atoms with Crippen LogP contribution in [0.4, 0.5) is 0 Å². The molecule has 21 heavy (non-hydrogen) atoms. The molecule has 0 N–H and O–H groups in total. The molecule has 1 heterocycles. The summed E-state index contributed by atoms with van der Waals surface area (Å²) in [6.07, 6.45) is 4.82. The Hall–Kier alpha value is -0.910. The first-order chi connectivity index (χ1) is 10.1.